The summed E-state index contributed by atoms with van der Waals surface area (Å²) >= 11 is 0. The van der Waals surface area contributed by atoms with E-state index in [1.165, 1.54) is 5.57 Å². The highest BCUT2D eigenvalue weighted by Gasteiger charge is 2.36. The maximum atomic E-state index is 12.4. The van der Waals surface area contributed by atoms with Crippen LogP contribution < -0.4 is 10.6 Å². The zero-order valence-corrected chi connectivity index (χ0v) is 14.8. The first kappa shape index (κ1) is 17.8. The van der Waals surface area contributed by atoms with Gasteiger partial charge in [-0.1, -0.05) is 26.0 Å². The minimum atomic E-state index is -0.154. The Bertz CT molecular complexity index is 469. The minimum absolute atomic E-state index is 0.0741. The van der Waals surface area contributed by atoms with Crippen molar-refractivity contribution in [2.24, 2.45) is 5.92 Å². The van der Waals surface area contributed by atoms with Crippen LogP contribution in [0.5, 0.6) is 0 Å². The summed E-state index contributed by atoms with van der Waals surface area (Å²) in [7, 11) is 0. The molecule has 1 aliphatic heterocycles. The van der Waals surface area contributed by atoms with Gasteiger partial charge in [0.05, 0.1) is 0 Å². The maximum Gasteiger partial charge on any atom is 0.315 e. The molecule has 23 heavy (non-hydrogen) atoms. The number of nitrogens with zero attached hydrogens (tertiary/aromatic N) is 1. The molecule has 5 heteroatoms. The highest BCUT2D eigenvalue weighted by atomic mass is 16.2. The van der Waals surface area contributed by atoms with Crippen LogP contribution in [0.2, 0.25) is 0 Å². The predicted octanol–water partition coefficient (Wildman–Crippen LogP) is 2.82. The number of rotatable bonds is 3. The summed E-state index contributed by atoms with van der Waals surface area (Å²) in [5.74, 6) is 0.683. The molecule has 0 spiro atoms. The number of likely N-dealkylation sites (tertiary alicyclic amines) is 1. The molecule has 2 unspecified atom stereocenters. The number of amides is 3. The molecule has 1 aliphatic carbocycles. The van der Waals surface area contributed by atoms with Gasteiger partial charge in [0.25, 0.3) is 0 Å². The lowest BCUT2D eigenvalue weighted by Gasteiger charge is -2.41. The molecule has 0 aromatic heterocycles. The van der Waals surface area contributed by atoms with Crippen molar-refractivity contribution in [1.82, 2.24) is 15.5 Å². The van der Waals surface area contributed by atoms with E-state index in [0.717, 1.165) is 51.6 Å². The van der Waals surface area contributed by atoms with Gasteiger partial charge in [0.15, 0.2) is 0 Å². The largest absolute Gasteiger partial charge is 0.343 e. The number of nitrogens with one attached hydrogen (secondary N) is 2. The van der Waals surface area contributed by atoms with Crippen LogP contribution in [0.4, 0.5) is 4.79 Å². The van der Waals surface area contributed by atoms with Crippen LogP contribution in [0.15, 0.2) is 12.2 Å². The Balaban J connectivity index is 1.86. The quantitative estimate of drug-likeness (QED) is 0.785. The SMILES string of the molecule is C=C1CC(C)CC(CC)(NC(=O)NC2CCN(C(C)=O)CC2)C1. The van der Waals surface area contributed by atoms with Crippen molar-refractivity contribution in [1.29, 1.82) is 0 Å². The van der Waals surface area contributed by atoms with Gasteiger partial charge in [0.1, 0.15) is 0 Å². The van der Waals surface area contributed by atoms with Crippen molar-refractivity contribution in [2.45, 2.75) is 70.9 Å². The van der Waals surface area contributed by atoms with Crippen molar-refractivity contribution in [3.8, 4) is 0 Å². The Hall–Kier alpha value is -1.52. The van der Waals surface area contributed by atoms with Gasteiger partial charge in [-0.2, -0.15) is 0 Å². The van der Waals surface area contributed by atoms with E-state index in [1.807, 2.05) is 4.90 Å². The molecular formula is C18H31N3O2. The molecule has 2 aliphatic rings. The van der Waals surface area contributed by atoms with E-state index in [2.05, 4.69) is 31.1 Å². The molecule has 130 valence electrons. The molecule has 0 aromatic rings. The molecular weight excluding hydrogens is 290 g/mol. The van der Waals surface area contributed by atoms with Crippen LogP contribution in [0.25, 0.3) is 0 Å². The summed E-state index contributed by atoms with van der Waals surface area (Å²) in [6.07, 6.45) is 5.54. The minimum Gasteiger partial charge on any atom is -0.343 e. The molecule has 1 saturated carbocycles. The van der Waals surface area contributed by atoms with Crippen LogP contribution in [0, 0.1) is 5.92 Å². The second kappa shape index (κ2) is 7.37. The van der Waals surface area contributed by atoms with Crippen molar-refractivity contribution in [2.75, 3.05) is 13.1 Å². The molecule has 3 amide bonds. The average Bonchev–Trinajstić information content (AvgIpc) is 2.46. The Morgan fingerprint density at radius 1 is 1.35 bits per heavy atom. The zero-order chi connectivity index (χ0) is 17.0. The van der Waals surface area contributed by atoms with Crippen LogP contribution >= 0.6 is 0 Å². The van der Waals surface area contributed by atoms with Gasteiger partial charge in [-0.25, -0.2) is 4.79 Å². The lowest BCUT2D eigenvalue weighted by Crippen LogP contribution is -2.57. The molecule has 2 atom stereocenters. The fraction of sp³-hybridized carbons (Fsp3) is 0.778. The molecule has 0 radical (unpaired) electrons. The highest BCUT2D eigenvalue weighted by Crippen LogP contribution is 2.37. The number of piperidine rings is 1. The van der Waals surface area contributed by atoms with Crippen molar-refractivity contribution >= 4 is 11.9 Å². The Kier molecular flexibility index (Phi) is 5.71. The van der Waals surface area contributed by atoms with Crippen LogP contribution in [0.1, 0.15) is 59.3 Å². The number of carbonyl (C=O) groups is 2. The molecule has 2 rings (SSSR count). The summed E-state index contributed by atoms with van der Waals surface area (Å²) in [5.41, 5.74) is 1.08. The number of carbonyl (C=O) groups excluding carboxylic acids is 2. The van der Waals surface area contributed by atoms with Gasteiger partial charge < -0.3 is 15.5 Å². The smallest absolute Gasteiger partial charge is 0.315 e. The standard InChI is InChI=1S/C18H31N3O2/c1-5-18(11-13(2)10-14(3)12-18)20-17(23)19-16-6-8-21(9-7-16)15(4)22/h14,16H,2,5-12H2,1,3-4H3,(H2,19,20,23). The van der Waals surface area contributed by atoms with Gasteiger partial charge in [-0.15, -0.1) is 0 Å². The van der Waals surface area contributed by atoms with E-state index in [1.54, 1.807) is 6.92 Å². The topological polar surface area (TPSA) is 61.4 Å². The average molecular weight is 321 g/mol. The van der Waals surface area contributed by atoms with Crippen LogP contribution in [-0.4, -0.2) is 41.5 Å². The van der Waals surface area contributed by atoms with Crippen LogP contribution in [0.3, 0.4) is 0 Å². The normalized spacial score (nSPS) is 29.3. The van der Waals surface area contributed by atoms with E-state index in [-0.39, 0.29) is 23.5 Å². The van der Waals surface area contributed by atoms with E-state index in [9.17, 15) is 9.59 Å². The van der Waals surface area contributed by atoms with Crippen molar-refractivity contribution < 1.29 is 9.59 Å². The second-order valence-electron chi connectivity index (χ2n) is 7.45. The zero-order valence-electron chi connectivity index (χ0n) is 14.8. The molecule has 2 N–H and O–H groups in total. The van der Waals surface area contributed by atoms with Gasteiger partial charge in [0, 0.05) is 31.6 Å². The third-order valence-corrected chi connectivity index (χ3v) is 5.30. The Morgan fingerprint density at radius 2 is 2.00 bits per heavy atom. The lowest BCUT2D eigenvalue weighted by atomic mass is 9.73. The molecule has 1 heterocycles. The third-order valence-electron chi connectivity index (χ3n) is 5.30. The number of urea groups is 1. The fourth-order valence-corrected chi connectivity index (χ4v) is 4.11. The van der Waals surface area contributed by atoms with E-state index >= 15 is 0 Å². The summed E-state index contributed by atoms with van der Waals surface area (Å²) in [6, 6.07) is 0.0822. The summed E-state index contributed by atoms with van der Waals surface area (Å²) in [4.78, 5) is 25.6. The summed E-state index contributed by atoms with van der Waals surface area (Å²) < 4.78 is 0. The van der Waals surface area contributed by atoms with Crippen molar-refractivity contribution in [3.63, 3.8) is 0 Å². The van der Waals surface area contributed by atoms with Crippen LogP contribution in [-0.2, 0) is 4.79 Å². The number of hydrogen-bond acceptors (Lipinski definition) is 2. The first-order valence-corrected chi connectivity index (χ1v) is 8.84. The Labute approximate surface area is 139 Å². The monoisotopic (exact) mass is 321 g/mol. The van der Waals surface area contributed by atoms with Gasteiger partial charge >= 0.3 is 6.03 Å². The van der Waals surface area contributed by atoms with E-state index in [4.69, 9.17) is 0 Å². The summed E-state index contributed by atoms with van der Waals surface area (Å²) in [5, 5.41) is 6.33. The molecule has 0 bridgehead atoms. The van der Waals surface area contributed by atoms with Gasteiger partial charge in [-0.3, -0.25) is 4.79 Å². The fourth-order valence-electron chi connectivity index (χ4n) is 4.11. The molecule has 2 fully saturated rings. The predicted molar refractivity (Wildman–Crippen MR) is 92.1 cm³/mol. The molecule has 0 aromatic carbocycles. The lowest BCUT2D eigenvalue weighted by molar-refractivity contribution is -0.129. The van der Waals surface area contributed by atoms with E-state index < -0.39 is 0 Å². The third kappa shape index (κ3) is 4.72. The first-order valence-electron chi connectivity index (χ1n) is 8.84. The molecule has 1 saturated heterocycles. The maximum absolute atomic E-state index is 12.4. The van der Waals surface area contributed by atoms with E-state index in [0.29, 0.717) is 5.92 Å². The highest BCUT2D eigenvalue weighted by molar-refractivity contribution is 5.75. The second-order valence-corrected chi connectivity index (χ2v) is 7.45. The summed E-state index contributed by atoms with van der Waals surface area (Å²) in [6.45, 7) is 11.6. The van der Waals surface area contributed by atoms with Crippen molar-refractivity contribution in [3.05, 3.63) is 12.2 Å². The van der Waals surface area contributed by atoms with Gasteiger partial charge in [-0.05, 0) is 44.4 Å². The van der Waals surface area contributed by atoms with Gasteiger partial charge in [0.2, 0.25) is 5.91 Å². The first-order chi connectivity index (χ1) is 10.8. The Morgan fingerprint density at radius 3 is 2.52 bits per heavy atom. The number of hydrogen-bond donors (Lipinski definition) is 2. The molecule has 5 nitrogen and oxygen atoms in total.